The number of guanidine groups is 1. The maximum atomic E-state index is 4.43. The van der Waals surface area contributed by atoms with E-state index in [4.69, 9.17) is 0 Å². The number of aliphatic imine (C=N–C) groups is 1. The zero-order valence-corrected chi connectivity index (χ0v) is 14.3. The Morgan fingerprint density at radius 2 is 2.14 bits per heavy atom. The summed E-state index contributed by atoms with van der Waals surface area (Å²) in [7, 11) is 5.85. The summed E-state index contributed by atoms with van der Waals surface area (Å²) in [6.45, 7) is 4.02. The van der Waals surface area contributed by atoms with Crippen molar-refractivity contribution in [3.05, 3.63) is 23.9 Å². The Balaban J connectivity index is 1.89. The average Bonchev–Trinajstić information content (AvgIpc) is 2.49. The molecule has 1 aliphatic carbocycles. The van der Waals surface area contributed by atoms with E-state index in [0.29, 0.717) is 5.41 Å². The van der Waals surface area contributed by atoms with Crippen molar-refractivity contribution in [1.29, 1.82) is 0 Å². The molecule has 0 atom stereocenters. The van der Waals surface area contributed by atoms with E-state index < -0.39 is 0 Å². The van der Waals surface area contributed by atoms with Crippen LogP contribution >= 0.6 is 0 Å². The van der Waals surface area contributed by atoms with Gasteiger partial charge in [0.15, 0.2) is 5.96 Å². The zero-order chi connectivity index (χ0) is 16.0. The summed E-state index contributed by atoms with van der Waals surface area (Å²) in [5.41, 5.74) is 1.66. The molecule has 0 amide bonds. The van der Waals surface area contributed by atoms with Crippen LogP contribution < -0.4 is 15.5 Å². The molecule has 1 aromatic heterocycles. The molecule has 1 heterocycles. The highest BCUT2D eigenvalue weighted by Gasteiger charge is 2.34. The van der Waals surface area contributed by atoms with Gasteiger partial charge < -0.3 is 15.5 Å². The summed E-state index contributed by atoms with van der Waals surface area (Å²) >= 11 is 0. The number of hydrogen-bond donors (Lipinski definition) is 2. The first-order chi connectivity index (χ1) is 10.6. The van der Waals surface area contributed by atoms with Gasteiger partial charge in [0.2, 0.25) is 0 Å². The van der Waals surface area contributed by atoms with Gasteiger partial charge in [0.1, 0.15) is 5.82 Å². The van der Waals surface area contributed by atoms with Crippen LogP contribution in [0.4, 0.5) is 5.82 Å². The van der Waals surface area contributed by atoms with Crippen LogP contribution in [-0.4, -0.2) is 38.6 Å². The molecule has 2 rings (SSSR count). The van der Waals surface area contributed by atoms with Gasteiger partial charge in [-0.25, -0.2) is 4.98 Å². The third-order valence-electron chi connectivity index (χ3n) is 4.76. The van der Waals surface area contributed by atoms with Crippen LogP contribution in [0.2, 0.25) is 0 Å². The summed E-state index contributed by atoms with van der Waals surface area (Å²) in [4.78, 5) is 10.8. The summed E-state index contributed by atoms with van der Waals surface area (Å²) in [6.07, 6.45) is 7.10. The first-order valence-corrected chi connectivity index (χ1v) is 8.16. The van der Waals surface area contributed by atoms with Crippen molar-refractivity contribution in [2.45, 2.75) is 39.2 Å². The maximum absolute atomic E-state index is 4.43. The van der Waals surface area contributed by atoms with Gasteiger partial charge in [-0.2, -0.15) is 0 Å². The highest BCUT2D eigenvalue weighted by molar-refractivity contribution is 5.79. The minimum Gasteiger partial charge on any atom is -0.362 e. The van der Waals surface area contributed by atoms with Crippen molar-refractivity contribution in [3.8, 4) is 0 Å². The molecule has 0 radical (unpaired) electrons. The Labute approximate surface area is 134 Å². The van der Waals surface area contributed by atoms with Crippen molar-refractivity contribution in [3.63, 3.8) is 0 Å². The lowest BCUT2D eigenvalue weighted by Gasteiger charge is -2.41. The predicted octanol–water partition coefficient (Wildman–Crippen LogP) is 2.39. The Morgan fingerprint density at radius 1 is 1.36 bits per heavy atom. The third-order valence-corrected chi connectivity index (χ3v) is 4.76. The summed E-state index contributed by atoms with van der Waals surface area (Å²) < 4.78 is 0. The Bertz CT molecular complexity index is 500. The molecule has 1 aromatic rings. The minimum absolute atomic E-state index is 0.487. The van der Waals surface area contributed by atoms with Gasteiger partial charge in [0.25, 0.3) is 0 Å². The molecule has 5 nitrogen and oxygen atoms in total. The second-order valence-electron chi connectivity index (χ2n) is 6.37. The van der Waals surface area contributed by atoms with Gasteiger partial charge >= 0.3 is 0 Å². The summed E-state index contributed by atoms with van der Waals surface area (Å²) in [5, 5.41) is 6.88. The van der Waals surface area contributed by atoms with Crippen LogP contribution in [0.1, 0.15) is 38.2 Å². The molecule has 0 bridgehead atoms. The standard InChI is InChI=1S/C17H29N5/c1-5-17(9-7-10-17)13-21-16(18-2)20-12-14-8-6-11-19-15(14)22(3)4/h6,8,11H,5,7,9-10,12-13H2,1-4H3,(H2,18,20,21). The van der Waals surface area contributed by atoms with Crippen molar-refractivity contribution in [2.75, 3.05) is 32.6 Å². The number of nitrogens with one attached hydrogen (secondary N) is 2. The third kappa shape index (κ3) is 3.90. The second-order valence-corrected chi connectivity index (χ2v) is 6.37. The van der Waals surface area contributed by atoms with Crippen LogP contribution in [0.15, 0.2) is 23.3 Å². The quantitative estimate of drug-likeness (QED) is 0.626. The van der Waals surface area contributed by atoms with E-state index in [2.05, 4.69) is 33.6 Å². The fraction of sp³-hybridized carbons (Fsp3) is 0.647. The van der Waals surface area contributed by atoms with Gasteiger partial charge in [0, 0.05) is 46.0 Å². The number of rotatable bonds is 6. The average molecular weight is 303 g/mol. The number of pyridine rings is 1. The van der Waals surface area contributed by atoms with Crippen molar-refractivity contribution < 1.29 is 0 Å². The summed E-state index contributed by atoms with van der Waals surface area (Å²) in [5.74, 6) is 1.86. The van der Waals surface area contributed by atoms with Crippen molar-refractivity contribution in [2.24, 2.45) is 10.4 Å². The molecule has 122 valence electrons. The Kier molecular flexibility index (Phi) is 5.63. The lowest BCUT2D eigenvalue weighted by molar-refractivity contribution is 0.131. The van der Waals surface area contributed by atoms with Crippen LogP contribution in [0.3, 0.4) is 0 Å². The molecular formula is C17H29N5. The van der Waals surface area contributed by atoms with Crippen LogP contribution in [0.25, 0.3) is 0 Å². The molecule has 0 spiro atoms. The molecule has 0 aliphatic heterocycles. The SMILES string of the molecule is CCC1(CNC(=NC)NCc2cccnc2N(C)C)CCC1. The zero-order valence-electron chi connectivity index (χ0n) is 14.3. The highest BCUT2D eigenvalue weighted by Crippen LogP contribution is 2.42. The van der Waals surface area contributed by atoms with Gasteiger partial charge in [-0.05, 0) is 30.7 Å². The number of nitrogens with zero attached hydrogens (tertiary/aromatic N) is 3. The Hall–Kier alpha value is -1.78. The molecule has 0 saturated heterocycles. The van der Waals surface area contributed by atoms with Gasteiger partial charge in [-0.1, -0.05) is 19.4 Å². The second kappa shape index (κ2) is 7.47. The van der Waals surface area contributed by atoms with E-state index in [1.54, 1.807) is 0 Å². The van der Waals surface area contributed by atoms with Crippen molar-refractivity contribution in [1.82, 2.24) is 15.6 Å². The van der Waals surface area contributed by atoms with E-state index in [0.717, 1.165) is 24.9 Å². The van der Waals surface area contributed by atoms with E-state index >= 15 is 0 Å². The first kappa shape index (κ1) is 16.6. The highest BCUT2D eigenvalue weighted by atomic mass is 15.2. The number of hydrogen-bond acceptors (Lipinski definition) is 3. The molecule has 1 aliphatic rings. The maximum Gasteiger partial charge on any atom is 0.191 e. The molecule has 1 saturated carbocycles. The molecular weight excluding hydrogens is 274 g/mol. The molecule has 1 fully saturated rings. The molecule has 0 aromatic carbocycles. The monoisotopic (exact) mass is 303 g/mol. The summed E-state index contributed by atoms with van der Waals surface area (Å²) in [6, 6.07) is 4.07. The van der Waals surface area contributed by atoms with E-state index in [1.807, 2.05) is 38.3 Å². The number of aromatic nitrogens is 1. The minimum atomic E-state index is 0.487. The Morgan fingerprint density at radius 3 is 2.68 bits per heavy atom. The van der Waals surface area contributed by atoms with E-state index in [-0.39, 0.29) is 0 Å². The molecule has 2 N–H and O–H groups in total. The first-order valence-electron chi connectivity index (χ1n) is 8.16. The fourth-order valence-corrected chi connectivity index (χ4v) is 2.97. The van der Waals surface area contributed by atoms with Crippen LogP contribution in [0, 0.1) is 5.41 Å². The van der Waals surface area contributed by atoms with E-state index in [1.165, 1.54) is 31.2 Å². The molecule has 5 heteroatoms. The normalized spacial score (nSPS) is 16.8. The van der Waals surface area contributed by atoms with E-state index in [9.17, 15) is 0 Å². The fourth-order valence-electron chi connectivity index (χ4n) is 2.97. The van der Waals surface area contributed by atoms with Crippen LogP contribution in [-0.2, 0) is 6.54 Å². The lowest BCUT2D eigenvalue weighted by atomic mass is 9.67. The topological polar surface area (TPSA) is 52.6 Å². The lowest BCUT2D eigenvalue weighted by Crippen LogP contribution is -2.46. The smallest absolute Gasteiger partial charge is 0.191 e. The van der Waals surface area contributed by atoms with Crippen LogP contribution in [0.5, 0.6) is 0 Å². The van der Waals surface area contributed by atoms with Gasteiger partial charge in [-0.3, -0.25) is 4.99 Å². The molecule has 0 unspecified atom stereocenters. The van der Waals surface area contributed by atoms with Gasteiger partial charge in [-0.15, -0.1) is 0 Å². The van der Waals surface area contributed by atoms with Crippen molar-refractivity contribution >= 4 is 11.8 Å². The molecule has 22 heavy (non-hydrogen) atoms. The van der Waals surface area contributed by atoms with Gasteiger partial charge in [0.05, 0.1) is 0 Å². The largest absolute Gasteiger partial charge is 0.362 e. The predicted molar refractivity (Wildman–Crippen MR) is 93.3 cm³/mol. The number of anilines is 1.